The number of fused-ring (bicyclic) bond motifs is 1. The first-order valence-electron chi connectivity index (χ1n) is 4.04. The molecule has 0 unspecified atom stereocenters. The van der Waals surface area contributed by atoms with Crippen LogP contribution in [0.3, 0.4) is 0 Å². The minimum atomic E-state index is 1.22. The first-order chi connectivity index (χ1) is 5.92. The van der Waals surface area contributed by atoms with Crippen LogP contribution in [0.5, 0.6) is 0 Å². The van der Waals surface area contributed by atoms with E-state index in [-0.39, 0.29) is 0 Å². The molecule has 0 atom stereocenters. The lowest BCUT2D eigenvalue weighted by molar-refractivity contribution is 1.37. The third kappa shape index (κ3) is 1.09. The maximum absolute atomic E-state index is 4.10. The summed E-state index contributed by atoms with van der Waals surface area (Å²) in [5.74, 6) is 0. The number of aromatic nitrogens is 1. The zero-order chi connectivity index (χ0) is 8.39. The topological polar surface area (TPSA) is 12.9 Å². The Morgan fingerprint density at radius 3 is 3.00 bits per heavy atom. The van der Waals surface area contributed by atoms with Gasteiger partial charge in [0.1, 0.15) is 7.28 Å². The molecule has 0 bridgehead atoms. The predicted octanol–water partition coefficient (Wildman–Crippen LogP) is 1.61. The van der Waals surface area contributed by atoms with Crippen LogP contribution in [-0.4, -0.2) is 12.3 Å². The molecule has 57 valence electrons. The molecular formula is C10H9BN. The number of hydrogen-bond donors (Lipinski definition) is 0. The SMILES string of the molecule is C[B]c1cccc2ccncc12. The molecule has 12 heavy (non-hydrogen) atoms. The molecule has 0 saturated carbocycles. The van der Waals surface area contributed by atoms with Gasteiger partial charge in [0.25, 0.3) is 0 Å². The predicted molar refractivity (Wildman–Crippen MR) is 53.0 cm³/mol. The van der Waals surface area contributed by atoms with E-state index < -0.39 is 0 Å². The molecule has 2 rings (SSSR count). The van der Waals surface area contributed by atoms with Gasteiger partial charge in [0, 0.05) is 12.4 Å². The van der Waals surface area contributed by atoms with Crippen LogP contribution in [-0.2, 0) is 0 Å². The highest BCUT2D eigenvalue weighted by Gasteiger charge is 1.97. The lowest BCUT2D eigenvalue weighted by Gasteiger charge is -2.01. The van der Waals surface area contributed by atoms with Crippen molar-refractivity contribution in [3.63, 3.8) is 0 Å². The molecule has 0 saturated heterocycles. The summed E-state index contributed by atoms with van der Waals surface area (Å²) < 4.78 is 0. The first-order valence-corrected chi connectivity index (χ1v) is 4.04. The molecule has 1 aromatic carbocycles. The van der Waals surface area contributed by atoms with Gasteiger partial charge in [-0.15, -0.1) is 0 Å². The normalized spacial score (nSPS) is 10.1. The minimum Gasteiger partial charge on any atom is -0.264 e. The molecule has 2 aromatic rings. The van der Waals surface area contributed by atoms with E-state index in [0.717, 1.165) is 0 Å². The number of benzene rings is 1. The summed E-state index contributed by atoms with van der Waals surface area (Å²) in [6.07, 6.45) is 3.73. The highest BCUT2D eigenvalue weighted by Crippen LogP contribution is 2.08. The Labute approximate surface area is 72.7 Å². The highest BCUT2D eigenvalue weighted by molar-refractivity contribution is 6.55. The van der Waals surface area contributed by atoms with E-state index in [2.05, 4.69) is 30.5 Å². The minimum absolute atomic E-state index is 1.22. The fourth-order valence-electron chi connectivity index (χ4n) is 1.39. The van der Waals surface area contributed by atoms with Crippen LogP contribution in [0.2, 0.25) is 6.82 Å². The zero-order valence-electron chi connectivity index (χ0n) is 6.99. The van der Waals surface area contributed by atoms with E-state index >= 15 is 0 Å². The molecule has 0 aliphatic rings. The van der Waals surface area contributed by atoms with Gasteiger partial charge < -0.3 is 0 Å². The average molecular weight is 154 g/mol. The van der Waals surface area contributed by atoms with E-state index in [1.54, 1.807) is 0 Å². The molecule has 0 amide bonds. The van der Waals surface area contributed by atoms with Gasteiger partial charge in [0.2, 0.25) is 0 Å². The smallest absolute Gasteiger partial charge is 0.149 e. The molecule has 2 heteroatoms. The second-order valence-electron chi connectivity index (χ2n) is 2.73. The Balaban J connectivity index is 2.79. The number of rotatable bonds is 1. The molecule has 0 aliphatic heterocycles. The van der Waals surface area contributed by atoms with Gasteiger partial charge in [-0.1, -0.05) is 30.5 Å². The Bertz CT molecular complexity index is 392. The van der Waals surface area contributed by atoms with Crippen LogP contribution in [0.1, 0.15) is 0 Å². The molecule has 0 aliphatic carbocycles. The second-order valence-corrected chi connectivity index (χ2v) is 2.73. The third-order valence-electron chi connectivity index (χ3n) is 2.03. The lowest BCUT2D eigenvalue weighted by Crippen LogP contribution is -2.10. The maximum atomic E-state index is 4.10. The van der Waals surface area contributed by atoms with Crippen LogP contribution in [0.15, 0.2) is 36.7 Å². The monoisotopic (exact) mass is 154 g/mol. The summed E-state index contributed by atoms with van der Waals surface area (Å²) in [5.41, 5.74) is 1.25. The van der Waals surface area contributed by atoms with E-state index in [1.165, 1.54) is 16.2 Å². The summed E-state index contributed by atoms with van der Waals surface area (Å²) in [7, 11) is 2.10. The van der Waals surface area contributed by atoms with E-state index in [1.807, 2.05) is 25.3 Å². The van der Waals surface area contributed by atoms with Crippen LogP contribution < -0.4 is 5.46 Å². The molecule has 1 radical (unpaired) electrons. The standard InChI is InChI=1S/C10H9BN/c1-11-10-4-2-3-8-5-6-12-7-9(8)10/h2-7H,1H3. The summed E-state index contributed by atoms with van der Waals surface area (Å²) in [4.78, 5) is 4.10. The Hall–Kier alpha value is -1.31. The first kappa shape index (κ1) is 7.35. The van der Waals surface area contributed by atoms with Crippen LogP contribution in [0.25, 0.3) is 10.8 Å². The van der Waals surface area contributed by atoms with Crippen molar-refractivity contribution >= 4 is 23.5 Å². The number of hydrogen-bond acceptors (Lipinski definition) is 1. The second kappa shape index (κ2) is 2.98. The van der Waals surface area contributed by atoms with Gasteiger partial charge in [-0.3, -0.25) is 4.98 Å². The summed E-state index contributed by atoms with van der Waals surface area (Å²) >= 11 is 0. The molecule has 0 spiro atoms. The van der Waals surface area contributed by atoms with E-state index in [9.17, 15) is 0 Å². The quantitative estimate of drug-likeness (QED) is 0.568. The van der Waals surface area contributed by atoms with Crippen molar-refractivity contribution < 1.29 is 0 Å². The van der Waals surface area contributed by atoms with Crippen molar-refractivity contribution in [2.75, 3.05) is 0 Å². The molecule has 1 aromatic heterocycles. The average Bonchev–Trinajstić information content (AvgIpc) is 2.17. The van der Waals surface area contributed by atoms with E-state index in [4.69, 9.17) is 0 Å². The van der Waals surface area contributed by atoms with Crippen molar-refractivity contribution in [2.24, 2.45) is 0 Å². The van der Waals surface area contributed by atoms with Gasteiger partial charge in [0.05, 0.1) is 0 Å². The molecule has 1 nitrogen and oxygen atoms in total. The summed E-state index contributed by atoms with van der Waals surface area (Å²) in [6, 6.07) is 8.30. The van der Waals surface area contributed by atoms with Crippen molar-refractivity contribution in [2.45, 2.75) is 6.82 Å². The largest absolute Gasteiger partial charge is 0.264 e. The zero-order valence-corrected chi connectivity index (χ0v) is 6.99. The van der Waals surface area contributed by atoms with Crippen LogP contribution in [0, 0.1) is 0 Å². The van der Waals surface area contributed by atoms with Crippen LogP contribution in [0.4, 0.5) is 0 Å². The van der Waals surface area contributed by atoms with Gasteiger partial charge in [-0.05, 0) is 16.8 Å². The molecule has 0 fully saturated rings. The number of nitrogens with zero attached hydrogens (tertiary/aromatic N) is 1. The third-order valence-corrected chi connectivity index (χ3v) is 2.03. The van der Waals surface area contributed by atoms with E-state index in [0.29, 0.717) is 0 Å². The van der Waals surface area contributed by atoms with Gasteiger partial charge >= 0.3 is 0 Å². The summed E-state index contributed by atoms with van der Waals surface area (Å²) in [6.45, 7) is 2.04. The molecule has 0 N–H and O–H groups in total. The molecular weight excluding hydrogens is 145 g/mol. The van der Waals surface area contributed by atoms with Crippen molar-refractivity contribution in [3.05, 3.63) is 36.7 Å². The van der Waals surface area contributed by atoms with Gasteiger partial charge in [0.15, 0.2) is 0 Å². The Morgan fingerprint density at radius 1 is 1.25 bits per heavy atom. The van der Waals surface area contributed by atoms with Gasteiger partial charge in [-0.2, -0.15) is 0 Å². The molecule has 1 heterocycles. The maximum Gasteiger partial charge on any atom is 0.149 e. The summed E-state index contributed by atoms with van der Waals surface area (Å²) in [5, 5.41) is 2.48. The Morgan fingerprint density at radius 2 is 2.17 bits per heavy atom. The van der Waals surface area contributed by atoms with Crippen molar-refractivity contribution in [1.82, 2.24) is 4.98 Å². The van der Waals surface area contributed by atoms with Crippen LogP contribution >= 0.6 is 0 Å². The fraction of sp³-hybridized carbons (Fsp3) is 0.100. The highest BCUT2D eigenvalue weighted by atomic mass is 14.6. The fourth-order valence-corrected chi connectivity index (χ4v) is 1.39. The lowest BCUT2D eigenvalue weighted by atomic mass is 9.71. The van der Waals surface area contributed by atoms with Gasteiger partial charge in [-0.25, -0.2) is 0 Å². The van der Waals surface area contributed by atoms with Crippen molar-refractivity contribution in [1.29, 1.82) is 0 Å². The van der Waals surface area contributed by atoms with Crippen molar-refractivity contribution in [3.8, 4) is 0 Å². The number of pyridine rings is 1. The Kier molecular flexibility index (Phi) is 1.82.